The summed E-state index contributed by atoms with van der Waals surface area (Å²) in [6.07, 6.45) is 4.96. The Morgan fingerprint density at radius 1 is 1.29 bits per heavy atom. The Balaban J connectivity index is 2.78. The highest BCUT2D eigenvalue weighted by molar-refractivity contribution is 5.99. The first-order chi connectivity index (χ1) is 6.74. The Labute approximate surface area is 86.2 Å². The van der Waals surface area contributed by atoms with Gasteiger partial charge in [-0.25, -0.2) is 0 Å². The zero-order valence-electron chi connectivity index (χ0n) is 9.12. The first-order valence-corrected chi connectivity index (χ1v) is 5.00. The maximum Gasteiger partial charge on any atom is 0.0444 e. The van der Waals surface area contributed by atoms with Gasteiger partial charge in [-0.05, 0) is 25.8 Å². The predicted octanol–water partition coefficient (Wildman–Crippen LogP) is 3.73. The van der Waals surface area contributed by atoms with E-state index in [-0.39, 0.29) is 0 Å². The molecule has 0 amide bonds. The molecule has 0 aliphatic heterocycles. The van der Waals surface area contributed by atoms with E-state index in [1.54, 1.807) is 0 Å². The fraction of sp³-hybridized carbons (Fsp3) is 0.308. The quantitative estimate of drug-likeness (QED) is 0.639. The number of rotatable bonds is 3. The lowest BCUT2D eigenvalue weighted by Gasteiger charge is -1.99. The lowest BCUT2D eigenvalue weighted by molar-refractivity contribution is 1.21. The molecule has 0 aromatic heterocycles. The SMILES string of the molecule is CC/C=C\N=C(C)c1ccc(C)cc1. The monoisotopic (exact) mass is 187 g/mol. The van der Waals surface area contributed by atoms with Gasteiger partial charge in [-0.15, -0.1) is 0 Å². The molecule has 0 saturated heterocycles. The number of benzene rings is 1. The van der Waals surface area contributed by atoms with E-state index in [2.05, 4.69) is 49.2 Å². The van der Waals surface area contributed by atoms with Crippen molar-refractivity contribution in [1.82, 2.24) is 0 Å². The molecule has 0 aliphatic rings. The summed E-state index contributed by atoms with van der Waals surface area (Å²) in [5.41, 5.74) is 3.54. The van der Waals surface area contributed by atoms with Gasteiger partial charge in [0.25, 0.3) is 0 Å². The predicted molar refractivity (Wildman–Crippen MR) is 62.8 cm³/mol. The Morgan fingerprint density at radius 3 is 2.50 bits per heavy atom. The molecule has 0 saturated carbocycles. The van der Waals surface area contributed by atoms with Crippen molar-refractivity contribution in [3.63, 3.8) is 0 Å². The Kier molecular flexibility index (Phi) is 4.11. The molecule has 74 valence electrons. The van der Waals surface area contributed by atoms with Crippen molar-refractivity contribution < 1.29 is 0 Å². The highest BCUT2D eigenvalue weighted by atomic mass is 14.7. The van der Waals surface area contributed by atoms with E-state index in [0.29, 0.717) is 0 Å². The summed E-state index contributed by atoms with van der Waals surface area (Å²) in [7, 11) is 0. The van der Waals surface area contributed by atoms with E-state index in [4.69, 9.17) is 0 Å². The summed E-state index contributed by atoms with van der Waals surface area (Å²) in [6.45, 7) is 6.23. The molecule has 1 nitrogen and oxygen atoms in total. The molecule has 0 heterocycles. The van der Waals surface area contributed by atoms with Gasteiger partial charge in [0.2, 0.25) is 0 Å². The number of nitrogens with zero attached hydrogens (tertiary/aromatic N) is 1. The van der Waals surface area contributed by atoms with Gasteiger partial charge in [0.1, 0.15) is 0 Å². The van der Waals surface area contributed by atoms with Crippen LogP contribution in [0.2, 0.25) is 0 Å². The minimum atomic E-state index is 1.03. The summed E-state index contributed by atoms with van der Waals surface area (Å²) < 4.78 is 0. The molecule has 0 bridgehead atoms. The second kappa shape index (κ2) is 5.38. The molecule has 0 spiro atoms. The summed E-state index contributed by atoms with van der Waals surface area (Å²) >= 11 is 0. The third-order valence-electron chi connectivity index (χ3n) is 2.08. The van der Waals surface area contributed by atoms with Crippen LogP contribution in [-0.2, 0) is 0 Å². The molecule has 1 aromatic carbocycles. The summed E-state index contributed by atoms with van der Waals surface area (Å²) in [5.74, 6) is 0. The van der Waals surface area contributed by atoms with Crippen LogP contribution in [-0.4, -0.2) is 5.71 Å². The van der Waals surface area contributed by atoms with Crippen LogP contribution in [0.5, 0.6) is 0 Å². The number of hydrogen-bond donors (Lipinski definition) is 0. The van der Waals surface area contributed by atoms with Gasteiger partial charge in [-0.2, -0.15) is 0 Å². The molecule has 0 aliphatic carbocycles. The van der Waals surface area contributed by atoms with Crippen molar-refractivity contribution in [2.24, 2.45) is 4.99 Å². The average Bonchev–Trinajstić information content (AvgIpc) is 2.19. The van der Waals surface area contributed by atoms with Crippen molar-refractivity contribution in [3.05, 3.63) is 47.7 Å². The van der Waals surface area contributed by atoms with Crippen molar-refractivity contribution >= 4 is 5.71 Å². The van der Waals surface area contributed by atoms with Crippen molar-refractivity contribution in [3.8, 4) is 0 Å². The standard InChI is InChI=1S/C13H17N/c1-4-5-10-14-12(3)13-8-6-11(2)7-9-13/h5-10H,4H2,1-3H3/b10-5-,14-12?. The minimum Gasteiger partial charge on any atom is -0.261 e. The lowest BCUT2D eigenvalue weighted by atomic mass is 10.1. The van der Waals surface area contributed by atoms with Crippen LogP contribution in [0.4, 0.5) is 0 Å². The van der Waals surface area contributed by atoms with E-state index in [1.807, 2.05) is 13.1 Å². The lowest BCUT2D eigenvalue weighted by Crippen LogP contribution is -1.92. The molecule has 0 atom stereocenters. The zero-order chi connectivity index (χ0) is 10.4. The first kappa shape index (κ1) is 10.7. The van der Waals surface area contributed by atoms with Gasteiger partial charge in [0.15, 0.2) is 0 Å². The highest BCUT2D eigenvalue weighted by Gasteiger charge is 1.94. The highest BCUT2D eigenvalue weighted by Crippen LogP contribution is 2.04. The second-order valence-corrected chi connectivity index (χ2v) is 3.37. The van der Waals surface area contributed by atoms with E-state index in [9.17, 15) is 0 Å². The topological polar surface area (TPSA) is 12.4 Å². The normalized spacial score (nSPS) is 12.4. The van der Waals surface area contributed by atoms with Gasteiger partial charge >= 0.3 is 0 Å². The van der Waals surface area contributed by atoms with Gasteiger partial charge in [0, 0.05) is 11.9 Å². The molecule has 0 radical (unpaired) electrons. The number of hydrogen-bond acceptors (Lipinski definition) is 1. The third kappa shape index (κ3) is 3.17. The smallest absolute Gasteiger partial charge is 0.0444 e. The maximum absolute atomic E-state index is 4.35. The molecule has 1 rings (SSSR count). The van der Waals surface area contributed by atoms with Crippen LogP contribution >= 0.6 is 0 Å². The van der Waals surface area contributed by atoms with E-state index in [1.165, 1.54) is 11.1 Å². The summed E-state index contributed by atoms with van der Waals surface area (Å²) in [6, 6.07) is 8.43. The molecule has 1 aromatic rings. The average molecular weight is 187 g/mol. The van der Waals surface area contributed by atoms with Crippen molar-refractivity contribution in [2.45, 2.75) is 27.2 Å². The van der Waals surface area contributed by atoms with Crippen LogP contribution in [0.1, 0.15) is 31.4 Å². The molecular weight excluding hydrogens is 170 g/mol. The van der Waals surface area contributed by atoms with Crippen LogP contribution in [0, 0.1) is 6.92 Å². The van der Waals surface area contributed by atoms with Crippen LogP contribution < -0.4 is 0 Å². The van der Waals surface area contributed by atoms with Crippen LogP contribution in [0.25, 0.3) is 0 Å². The summed E-state index contributed by atoms with van der Waals surface area (Å²) in [5, 5.41) is 0. The number of allylic oxidation sites excluding steroid dienone is 1. The zero-order valence-corrected chi connectivity index (χ0v) is 9.12. The maximum atomic E-state index is 4.35. The molecule has 0 unspecified atom stereocenters. The van der Waals surface area contributed by atoms with Crippen LogP contribution in [0.3, 0.4) is 0 Å². The van der Waals surface area contributed by atoms with Crippen molar-refractivity contribution in [1.29, 1.82) is 0 Å². The molecule has 1 heteroatoms. The number of aliphatic imine (C=N–C) groups is 1. The molecular formula is C13H17N. The first-order valence-electron chi connectivity index (χ1n) is 5.00. The molecule has 0 fully saturated rings. The fourth-order valence-electron chi connectivity index (χ4n) is 1.14. The van der Waals surface area contributed by atoms with Gasteiger partial charge in [-0.1, -0.05) is 42.8 Å². The molecule has 0 N–H and O–H groups in total. The Bertz CT molecular complexity index is 331. The van der Waals surface area contributed by atoms with Crippen LogP contribution in [0.15, 0.2) is 41.5 Å². The Morgan fingerprint density at radius 2 is 1.93 bits per heavy atom. The van der Waals surface area contributed by atoms with Crippen molar-refractivity contribution in [2.75, 3.05) is 0 Å². The third-order valence-corrected chi connectivity index (χ3v) is 2.08. The summed E-state index contributed by atoms with van der Waals surface area (Å²) in [4.78, 5) is 4.35. The van der Waals surface area contributed by atoms with Gasteiger partial charge in [-0.3, -0.25) is 4.99 Å². The fourth-order valence-corrected chi connectivity index (χ4v) is 1.14. The van der Waals surface area contributed by atoms with Gasteiger partial charge < -0.3 is 0 Å². The molecule has 14 heavy (non-hydrogen) atoms. The van der Waals surface area contributed by atoms with Gasteiger partial charge in [0.05, 0.1) is 0 Å². The number of aryl methyl sites for hydroxylation is 1. The second-order valence-electron chi connectivity index (χ2n) is 3.37. The Hall–Kier alpha value is -1.37. The minimum absolute atomic E-state index is 1.03. The van der Waals surface area contributed by atoms with E-state index in [0.717, 1.165) is 12.1 Å². The largest absolute Gasteiger partial charge is 0.261 e. The van der Waals surface area contributed by atoms with E-state index >= 15 is 0 Å². The van der Waals surface area contributed by atoms with E-state index < -0.39 is 0 Å².